The van der Waals surface area contributed by atoms with E-state index in [1.54, 1.807) is 0 Å². The summed E-state index contributed by atoms with van der Waals surface area (Å²) in [5.41, 5.74) is 14.1. The Hall–Kier alpha value is -1.15. The van der Waals surface area contributed by atoms with Gasteiger partial charge in [-0.15, -0.1) is 46.5 Å². The van der Waals surface area contributed by atoms with E-state index in [4.69, 9.17) is 0 Å². The third-order valence-corrected chi connectivity index (χ3v) is 7.17. The van der Waals surface area contributed by atoms with E-state index in [2.05, 4.69) is 130 Å². The van der Waals surface area contributed by atoms with Gasteiger partial charge in [0.15, 0.2) is 0 Å². The number of rotatable bonds is 2. The van der Waals surface area contributed by atoms with Crippen LogP contribution in [0.4, 0.5) is 0 Å². The van der Waals surface area contributed by atoms with Crippen molar-refractivity contribution in [3.63, 3.8) is 0 Å². The Labute approximate surface area is 258 Å². The quantitative estimate of drug-likeness (QED) is 0.331. The van der Waals surface area contributed by atoms with Crippen molar-refractivity contribution in [3.8, 4) is 0 Å². The van der Waals surface area contributed by atoms with Crippen LogP contribution in [-0.4, -0.2) is 0 Å². The van der Waals surface area contributed by atoms with Crippen molar-refractivity contribution in [2.75, 3.05) is 0 Å². The van der Waals surface area contributed by atoms with E-state index in [1.165, 1.54) is 55.7 Å². The van der Waals surface area contributed by atoms with Gasteiger partial charge in [0.05, 0.1) is 0 Å². The maximum Gasteiger partial charge on any atom is 4.00 e. The zero-order chi connectivity index (χ0) is 25.3. The molecule has 2 aromatic rings. The van der Waals surface area contributed by atoms with Crippen LogP contribution in [-0.2, 0) is 36.7 Å². The molecule has 2 aliphatic rings. The molecule has 0 heterocycles. The number of halogens is 2. The molecule has 0 nitrogen and oxygen atoms in total. The summed E-state index contributed by atoms with van der Waals surface area (Å²) in [6.45, 7) is 22.3. The maximum absolute atomic E-state index is 3.47. The van der Waals surface area contributed by atoms with Crippen LogP contribution in [0, 0.1) is 12.2 Å². The molecule has 0 atom stereocenters. The summed E-state index contributed by atoms with van der Waals surface area (Å²) < 4.78 is 0. The topological polar surface area (TPSA) is 0 Å². The molecule has 0 fully saturated rings. The largest absolute Gasteiger partial charge is 4.00 e. The second-order valence-electron chi connectivity index (χ2n) is 11.9. The summed E-state index contributed by atoms with van der Waals surface area (Å²) in [5, 5.41) is 0. The molecule has 0 radical (unpaired) electrons. The average Bonchev–Trinajstić information content (AvgIpc) is 3.29. The molecular weight excluding hydrogens is 658 g/mol. The fourth-order valence-electron chi connectivity index (χ4n) is 4.31. The van der Waals surface area contributed by atoms with Crippen LogP contribution in [0.1, 0.15) is 104 Å². The first kappa shape index (κ1) is 35.9. The van der Waals surface area contributed by atoms with Crippen LogP contribution in [0.25, 0.3) is 11.1 Å². The fourth-order valence-corrected chi connectivity index (χ4v) is 4.31. The van der Waals surface area contributed by atoms with Gasteiger partial charge in [-0.25, -0.2) is 0 Å². The number of benzene rings is 2. The van der Waals surface area contributed by atoms with Gasteiger partial charge in [-0.2, -0.15) is 34.4 Å². The second-order valence-corrected chi connectivity index (χ2v) is 11.9. The molecule has 2 aliphatic carbocycles. The van der Waals surface area contributed by atoms with Crippen LogP contribution in [0.15, 0.2) is 70.8 Å². The van der Waals surface area contributed by atoms with E-state index in [9.17, 15) is 0 Å². The molecule has 0 unspecified atom stereocenters. The summed E-state index contributed by atoms with van der Waals surface area (Å²) in [6.07, 6.45) is 8.92. The van der Waals surface area contributed by atoms with E-state index < -0.39 is 0 Å². The second kappa shape index (κ2) is 14.3. The Morgan fingerprint density at radius 3 is 0.973 bits per heavy atom. The van der Waals surface area contributed by atoms with Crippen molar-refractivity contribution in [3.05, 3.63) is 105 Å². The monoisotopic (exact) mass is 700 g/mol. The van der Waals surface area contributed by atoms with Crippen LogP contribution < -0.4 is 24.8 Å². The van der Waals surface area contributed by atoms with Gasteiger partial charge >= 0.3 is 25.8 Å². The molecule has 2 aromatic carbocycles. The van der Waals surface area contributed by atoms with Gasteiger partial charge in [0.25, 0.3) is 0 Å². The normalized spacial score (nSPS) is 15.1. The molecule has 0 aromatic heterocycles. The van der Waals surface area contributed by atoms with Crippen molar-refractivity contribution in [1.82, 2.24) is 0 Å². The minimum atomic E-state index is 0. The molecular formula is C34H42Cl2Hf. The van der Waals surface area contributed by atoms with Gasteiger partial charge in [-0.05, 0) is 22.0 Å². The van der Waals surface area contributed by atoms with Gasteiger partial charge in [-0.3, -0.25) is 0 Å². The standard InChI is InChI=1S/2C17H21.2ClH.Hf/c2*1-12-6-11-16(13(12)2)14-7-9-15(10-8-14)17(3,4)5;;;/h2*7-10H,6H2,1-5H3;2*1H;/q2*-1;;;+4/p-2. The van der Waals surface area contributed by atoms with Gasteiger partial charge < -0.3 is 24.8 Å². The fraction of sp³-hybridized carbons (Fsp3) is 0.412. The molecule has 0 aliphatic heterocycles. The first-order valence-corrected chi connectivity index (χ1v) is 12.6. The minimum absolute atomic E-state index is 0. The van der Waals surface area contributed by atoms with Crippen molar-refractivity contribution in [2.45, 2.75) is 92.9 Å². The van der Waals surface area contributed by atoms with Crippen molar-refractivity contribution < 1.29 is 50.7 Å². The number of allylic oxidation sites excluding steroid dienone is 8. The summed E-state index contributed by atoms with van der Waals surface area (Å²) >= 11 is 0. The molecule has 0 saturated carbocycles. The Morgan fingerprint density at radius 1 is 0.514 bits per heavy atom. The SMILES string of the molecule is CC1=C(C)C(c2ccc(C(C)(C)C)cc2)=[C-]C1.CC1=C(C)C(c2ccc(C(C)(C)C)cc2)=[C-]C1.[Cl-].[Cl-].[Hf+4]. The first-order valence-electron chi connectivity index (χ1n) is 12.6. The van der Waals surface area contributed by atoms with E-state index >= 15 is 0 Å². The van der Waals surface area contributed by atoms with Gasteiger partial charge in [0.2, 0.25) is 0 Å². The molecule has 0 spiro atoms. The Balaban J connectivity index is 0.000000648. The van der Waals surface area contributed by atoms with Gasteiger partial charge in [-0.1, -0.05) is 106 Å². The summed E-state index contributed by atoms with van der Waals surface area (Å²) in [5.74, 6) is 0. The Morgan fingerprint density at radius 2 is 0.784 bits per heavy atom. The van der Waals surface area contributed by atoms with Crippen LogP contribution in [0.3, 0.4) is 0 Å². The Kier molecular flexibility index (Phi) is 13.9. The molecule has 196 valence electrons. The number of hydrogen-bond acceptors (Lipinski definition) is 0. The first-order chi connectivity index (χ1) is 15.8. The van der Waals surface area contributed by atoms with Crippen molar-refractivity contribution in [1.29, 1.82) is 0 Å². The van der Waals surface area contributed by atoms with Crippen molar-refractivity contribution in [2.24, 2.45) is 0 Å². The predicted octanol–water partition coefficient (Wildman–Crippen LogP) is 3.83. The summed E-state index contributed by atoms with van der Waals surface area (Å²) in [7, 11) is 0. The van der Waals surface area contributed by atoms with Crippen LogP contribution in [0.5, 0.6) is 0 Å². The Bertz CT molecular complexity index is 1060. The molecule has 37 heavy (non-hydrogen) atoms. The molecule has 0 N–H and O–H groups in total. The summed E-state index contributed by atoms with van der Waals surface area (Å²) in [6, 6.07) is 17.9. The third kappa shape index (κ3) is 8.94. The third-order valence-electron chi connectivity index (χ3n) is 7.17. The minimum Gasteiger partial charge on any atom is -1.00 e. The van der Waals surface area contributed by atoms with Gasteiger partial charge in [0, 0.05) is 0 Å². The molecule has 0 bridgehead atoms. The smallest absolute Gasteiger partial charge is 1.00 e. The van der Waals surface area contributed by atoms with Gasteiger partial charge in [0.1, 0.15) is 0 Å². The predicted molar refractivity (Wildman–Crippen MR) is 150 cm³/mol. The van der Waals surface area contributed by atoms with E-state index in [0.717, 1.165) is 12.8 Å². The van der Waals surface area contributed by atoms with Crippen molar-refractivity contribution >= 4 is 11.1 Å². The van der Waals surface area contributed by atoms with E-state index in [1.807, 2.05) is 0 Å². The maximum atomic E-state index is 3.47. The number of hydrogen-bond donors (Lipinski definition) is 0. The van der Waals surface area contributed by atoms with E-state index in [-0.39, 0.29) is 61.5 Å². The molecule has 0 amide bonds. The average molecular weight is 700 g/mol. The molecule has 0 saturated heterocycles. The molecule has 4 rings (SSSR count). The van der Waals surface area contributed by atoms with E-state index in [0.29, 0.717) is 0 Å². The van der Waals surface area contributed by atoms with Crippen LogP contribution >= 0.6 is 0 Å². The zero-order valence-corrected chi connectivity index (χ0v) is 29.4. The molecule has 3 heteroatoms. The summed E-state index contributed by atoms with van der Waals surface area (Å²) in [4.78, 5) is 0. The zero-order valence-electron chi connectivity index (χ0n) is 24.3. The van der Waals surface area contributed by atoms with Crippen LogP contribution in [0.2, 0.25) is 0 Å².